The van der Waals surface area contributed by atoms with Crippen molar-refractivity contribution in [2.45, 2.75) is 25.3 Å². The molecule has 1 aromatic rings. The number of phenolic OH excluding ortho intramolecular Hbond substituents is 1. The minimum Gasteiger partial charge on any atom is -0.508 e. The lowest BCUT2D eigenvalue weighted by atomic mass is 10.0. The summed E-state index contributed by atoms with van der Waals surface area (Å²) in [7, 11) is 0. The summed E-state index contributed by atoms with van der Waals surface area (Å²) in [4.78, 5) is 0. The van der Waals surface area contributed by atoms with Gasteiger partial charge >= 0.3 is 0 Å². The highest BCUT2D eigenvalue weighted by Gasteiger charge is 2.42. The molecule has 1 aliphatic rings. The van der Waals surface area contributed by atoms with Gasteiger partial charge in [-0.3, -0.25) is 0 Å². The van der Waals surface area contributed by atoms with E-state index < -0.39 is 0 Å². The molecule has 0 aromatic heterocycles. The van der Waals surface area contributed by atoms with Crippen molar-refractivity contribution in [2.24, 2.45) is 5.73 Å². The SMILES string of the molecule is Cc1cc(C2(N)CC2)c(O)cc1Cl. The Bertz CT molecular complexity index is 358. The molecule has 0 aliphatic heterocycles. The zero-order valence-electron chi connectivity index (χ0n) is 7.47. The second kappa shape index (κ2) is 2.63. The van der Waals surface area contributed by atoms with Crippen molar-refractivity contribution in [1.82, 2.24) is 0 Å². The molecule has 0 spiro atoms. The molecule has 3 N–H and O–H groups in total. The van der Waals surface area contributed by atoms with Crippen molar-refractivity contribution in [3.8, 4) is 5.75 Å². The standard InChI is InChI=1S/C10H12ClNO/c1-6-4-7(10(12)2-3-10)9(13)5-8(6)11/h4-5,13H,2-3,12H2,1H3. The molecule has 0 amide bonds. The van der Waals surface area contributed by atoms with E-state index in [1.54, 1.807) is 6.07 Å². The van der Waals surface area contributed by atoms with E-state index in [1.165, 1.54) is 0 Å². The molecular weight excluding hydrogens is 186 g/mol. The molecule has 1 aromatic carbocycles. The second-order valence-corrected chi connectivity index (χ2v) is 4.18. The molecule has 2 nitrogen and oxygen atoms in total. The quantitative estimate of drug-likeness (QED) is 0.726. The highest BCUT2D eigenvalue weighted by Crippen LogP contribution is 2.47. The maximum atomic E-state index is 9.63. The molecular formula is C10H12ClNO. The summed E-state index contributed by atoms with van der Waals surface area (Å²) in [5.74, 6) is 0.218. The van der Waals surface area contributed by atoms with E-state index in [0.29, 0.717) is 5.02 Å². The van der Waals surface area contributed by atoms with Gasteiger partial charge in [-0.05, 0) is 37.5 Å². The third-order valence-corrected chi connectivity index (χ3v) is 3.01. The van der Waals surface area contributed by atoms with Crippen LogP contribution in [0.1, 0.15) is 24.0 Å². The zero-order valence-corrected chi connectivity index (χ0v) is 8.23. The highest BCUT2D eigenvalue weighted by molar-refractivity contribution is 6.31. The van der Waals surface area contributed by atoms with Crippen LogP contribution in [0.25, 0.3) is 0 Å². The number of benzene rings is 1. The van der Waals surface area contributed by atoms with Crippen molar-refractivity contribution < 1.29 is 5.11 Å². The first-order chi connectivity index (χ1) is 6.03. The lowest BCUT2D eigenvalue weighted by Gasteiger charge is -2.12. The van der Waals surface area contributed by atoms with E-state index in [9.17, 15) is 5.11 Å². The molecule has 1 aliphatic carbocycles. The molecule has 2 rings (SSSR count). The van der Waals surface area contributed by atoms with Gasteiger partial charge in [0.15, 0.2) is 0 Å². The Morgan fingerprint density at radius 3 is 2.62 bits per heavy atom. The summed E-state index contributed by atoms with van der Waals surface area (Å²) >= 11 is 5.86. The van der Waals surface area contributed by atoms with Crippen LogP contribution in [0.2, 0.25) is 5.02 Å². The van der Waals surface area contributed by atoms with Gasteiger partial charge in [0.2, 0.25) is 0 Å². The Labute approximate surface area is 82.3 Å². The summed E-state index contributed by atoms with van der Waals surface area (Å²) < 4.78 is 0. The van der Waals surface area contributed by atoms with Crippen LogP contribution < -0.4 is 5.73 Å². The molecule has 0 bridgehead atoms. The van der Waals surface area contributed by atoms with Crippen LogP contribution in [0.15, 0.2) is 12.1 Å². The van der Waals surface area contributed by atoms with Crippen molar-refractivity contribution >= 4 is 11.6 Å². The van der Waals surface area contributed by atoms with Gasteiger partial charge in [-0.1, -0.05) is 11.6 Å². The van der Waals surface area contributed by atoms with Gasteiger partial charge in [0.1, 0.15) is 5.75 Å². The third-order valence-electron chi connectivity index (χ3n) is 2.60. The van der Waals surface area contributed by atoms with Crippen LogP contribution in [0.5, 0.6) is 5.75 Å². The maximum absolute atomic E-state index is 9.63. The summed E-state index contributed by atoms with van der Waals surface area (Å²) in [5.41, 5.74) is 7.48. The Morgan fingerprint density at radius 2 is 2.08 bits per heavy atom. The second-order valence-electron chi connectivity index (χ2n) is 3.77. The minimum atomic E-state index is -0.292. The van der Waals surface area contributed by atoms with E-state index in [2.05, 4.69) is 0 Å². The highest BCUT2D eigenvalue weighted by atomic mass is 35.5. The molecule has 3 heteroatoms. The summed E-state index contributed by atoms with van der Waals surface area (Å²) in [5, 5.41) is 10.2. The molecule has 70 valence electrons. The van der Waals surface area contributed by atoms with Gasteiger partial charge in [-0.15, -0.1) is 0 Å². The number of halogens is 1. The van der Waals surface area contributed by atoms with Crippen LogP contribution in [0, 0.1) is 6.92 Å². The van der Waals surface area contributed by atoms with E-state index >= 15 is 0 Å². The van der Waals surface area contributed by atoms with Gasteiger partial charge in [-0.25, -0.2) is 0 Å². The van der Waals surface area contributed by atoms with Crippen molar-refractivity contribution in [1.29, 1.82) is 0 Å². The van der Waals surface area contributed by atoms with E-state index in [0.717, 1.165) is 24.0 Å². The summed E-state index contributed by atoms with van der Waals surface area (Å²) in [6.07, 6.45) is 1.89. The third kappa shape index (κ3) is 1.40. The number of hydrogen-bond acceptors (Lipinski definition) is 2. The maximum Gasteiger partial charge on any atom is 0.122 e. The average molecular weight is 198 g/mol. The van der Waals surface area contributed by atoms with Gasteiger partial charge in [0, 0.05) is 16.1 Å². The number of hydrogen-bond donors (Lipinski definition) is 2. The average Bonchev–Trinajstić information content (AvgIpc) is 2.77. The lowest BCUT2D eigenvalue weighted by molar-refractivity contribution is 0.459. The number of aryl methyl sites for hydroxylation is 1. The van der Waals surface area contributed by atoms with Crippen LogP contribution in [0.4, 0.5) is 0 Å². The minimum absolute atomic E-state index is 0.218. The Kier molecular flexibility index (Phi) is 1.79. The molecule has 0 saturated heterocycles. The van der Waals surface area contributed by atoms with Gasteiger partial charge in [-0.2, -0.15) is 0 Å². The zero-order chi connectivity index (χ0) is 9.64. The normalized spacial score (nSPS) is 18.7. The van der Waals surface area contributed by atoms with Gasteiger partial charge in [0.05, 0.1) is 0 Å². The van der Waals surface area contributed by atoms with E-state index in [4.69, 9.17) is 17.3 Å². The van der Waals surface area contributed by atoms with Crippen LogP contribution in [0.3, 0.4) is 0 Å². The van der Waals surface area contributed by atoms with Crippen LogP contribution >= 0.6 is 11.6 Å². The summed E-state index contributed by atoms with van der Waals surface area (Å²) in [6.45, 7) is 1.91. The first kappa shape index (κ1) is 8.85. The number of rotatable bonds is 1. The van der Waals surface area contributed by atoms with Gasteiger partial charge in [0.25, 0.3) is 0 Å². The predicted octanol–water partition coefficient (Wildman–Crippen LogP) is 2.30. The molecule has 0 atom stereocenters. The van der Waals surface area contributed by atoms with Crippen molar-refractivity contribution in [3.05, 3.63) is 28.3 Å². The molecule has 0 heterocycles. The molecule has 13 heavy (non-hydrogen) atoms. The topological polar surface area (TPSA) is 46.2 Å². The molecule has 0 unspecified atom stereocenters. The van der Waals surface area contributed by atoms with Crippen molar-refractivity contribution in [3.63, 3.8) is 0 Å². The van der Waals surface area contributed by atoms with Crippen molar-refractivity contribution in [2.75, 3.05) is 0 Å². The predicted molar refractivity (Wildman–Crippen MR) is 53.0 cm³/mol. The van der Waals surface area contributed by atoms with E-state index in [-0.39, 0.29) is 11.3 Å². The Morgan fingerprint density at radius 1 is 1.46 bits per heavy atom. The summed E-state index contributed by atoms with van der Waals surface area (Å²) in [6, 6.07) is 3.45. The smallest absolute Gasteiger partial charge is 0.122 e. The number of aromatic hydroxyl groups is 1. The fourth-order valence-electron chi connectivity index (χ4n) is 1.47. The van der Waals surface area contributed by atoms with Crippen LogP contribution in [-0.2, 0) is 5.54 Å². The Hall–Kier alpha value is -0.730. The fourth-order valence-corrected chi connectivity index (χ4v) is 1.63. The molecule has 1 fully saturated rings. The largest absolute Gasteiger partial charge is 0.508 e. The van der Waals surface area contributed by atoms with E-state index in [1.807, 2.05) is 13.0 Å². The first-order valence-corrected chi connectivity index (χ1v) is 4.69. The molecule has 0 radical (unpaired) electrons. The van der Waals surface area contributed by atoms with Crippen LogP contribution in [-0.4, -0.2) is 5.11 Å². The Balaban J connectivity index is 2.52. The molecule has 1 saturated carbocycles. The van der Waals surface area contributed by atoms with Gasteiger partial charge < -0.3 is 10.8 Å². The monoisotopic (exact) mass is 197 g/mol. The first-order valence-electron chi connectivity index (χ1n) is 4.31. The fraction of sp³-hybridized carbons (Fsp3) is 0.400. The number of phenols is 1. The lowest BCUT2D eigenvalue weighted by Crippen LogP contribution is -2.18. The number of nitrogens with two attached hydrogens (primary N) is 1.